The highest BCUT2D eigenvalue weighted by Crippen LogP contribution is 2.30. The van der Waals surface area contributed by atoms with E-state index in [2.05, 4.69) is 9.62 Å². The Balaban J connectivity index is 1.65. The number of non-ortho nitro benzene ring substituents is 1. The minimum absolute atomic E-state index is 0.0613. The molecule has 1 unspecified atom stereocenters. The molecule has 150 valence electrons. The lowest BCUT2D eigenvalue weighted by molar-refractivity contribution is -0.384. The lowest BCUT2D eigenvalue weighted by atomic mass is 10.1. The number of nitro groups is 1. The molecule has 1 aliphatic heterocycles. The van der Waals surface area contributed by atoms with Crippen molar-refractivity contribution in [3.8, 4) is 5.75 Å². The first-order valence-electron chi connectivity index (χ1n) is 8.99. The molecule has 1 fully saturated rings. The average Bonchev–Trinajstić information content (AvgIpc) is 2.67. The Hall–Kier alpha value is -2.65. The van der Waals surface area contributed by atoms with Gasteiger partial charge in [0.2, 0.25) is 10.0 Å². The molecule has 0 spiro atoms. The molecule has 1 N–H and O–H groups in total. The highest BCUT2D eigenvalue weighted by Gasteiger charge is 2.26. The number of para-hydroxylation sites is 2. The molecule has 1 saturated heterocycles. The van der Waals surface area contributed by atoms with Gasteiger partial charge in [-0.1, -0.05) is 24.3 Å². The first-order valence-corrected chi connectivity index (χ1v) is 10.6. The zero-order valence-electron chi connectivity index (χ0n) is 15.6. The van der Waals surface area contributed by atoms with Gasteiger partial charge in [-0.2, -0.15) is 0 Å². The maximum absolute atomic E-state index is 12.6. The van der Waals surface area contributed by atoms with Crippen LogP contribution in [0.5, 0.6) is 5.75 Å². The summed E-state index contributed by atoms with van der Waals surface area (Å²) in [5.41, 5.74) is 1.40. The fourth-order valence-electron chi connectivity index (χ4n) is 3.41. The fourth-order valence-corrected chi connectivity index (χ4v) is 4.83. The van der Waals surface area contributed by atoms with Crippen LogP contribution in [0.1, 0.15) is 18.4 Å². The molecule has 28 heavy (non-hydrogen) atoms. The van der Waals surface area contributed by atoms with Gasteiger partial charge in [-0.3, -0.25) is 10.1 Å². The molecule has 1 heterocycles. The lowest BCUT2D eigenvalue weighted by Gasteiger charge is -2.35. The molecule has 9 heteroatoms. The summed E-state index contributed by atoms with van der Waals surface area (Å²) in [6.07, 6.45) is 1.62. The Morgan fingerprint density at radius 3 is 2.61 bits per heavy atom. The largest absolute Gasteiger partial charge is 0.495 e. The van der Waals surface area contributed by atoms with Gasteiger partial charge in [0.25, 0.3) is 5.69 Å². The van der Waals surface area contributed by atoms with Crippen LogP contribution in [0.25, 0.3) is 0 Å². The van der Waals surface area contributed by atoms with Gasteiger partial charge >= 0.3 is 0 Å². The number of piperidine rings is 1. The number of methoxy groups -OCH3 is 1. The van der Waals surface area contributed by atoms with Gasteiger partial charge in [0.1, 0.15) is 5.75 Å². The number of hydrogen-bond acceptors (Lipinski definition) is 6. The first kappa shape index (κ1) is 20.1. The summed E-state index contributed by atoms with van der Waals surface area (Å²) in [5.74, 6) is 0.549. The van der Waals surface area contributed by atoms with E-state index in [9.17, 15) is 18.5 Å². The average molecular weight is 405 g/mol. The summed E-state index contributed by atoms with van der Waals surface area (Å²) in [7, 11) is -1.95. The number of sulfonamides is 1. The summed E-state index contributed by atoms with van der Waals surface area (Å²) < 4.78 is 33.3. The SMILES string of the molecule is COc1ccccc1N1CCCC(NS(=O)(=O)Cc2ccc([N+](=O)[O-])cc2)C1. The van der Waals surface area contributed by atoms with E-state index in [4.69, 9.17) is 4.74 Å². The molecule has 0 aliphatic carbocycles. The molecular weight excluding hydrogens is 382 g/mol. The third-order valence-electron chi connectivity index (χ3n) is 4.70. The highest BCUT2D eigenvalue weighted by molar-refractivity contribution is 7.88. The minimum atomic E-state index is -3.57. The predicted molar refractivity (Wildman–Crippen MR) is 107 cm³/mol. The molecule has 0 aromatic heterocycles. The Morgan fingerprint density at radius 2 is 1.93 bits per heavy atom. The molecule has 0 radical (unpaired) electrons. The smallest absolute Gasteiger partial charge is 0.269 e. The van der Waals surface area contributed by atoms with Gasteiger partial charge in [-0.15, -0.1) is 0 Å². The molecule has 0 amide bonds. The van der Waals surface area contributed by atoms with Gasteiger partial charge in [0.05, 0.1) is 23.5 Å². The summed E-state index contributed by atoms with van der Waals surface area (Å²) in [6, 6.07) is 13.0. The standard InChI is InChI=1S/C19H23N3O5S/c1-27-19-7-3-2-6-18(19)21-12-4-5-16(13-21)20-28(25,26)14-15-8-10-17(11-9-15)22(23)24/h2-3,6-11,16,20H,4-5,12-14H2,1H3. The highest BCUT2D eigenvalue weighted by atomic mass is 32.2. The molecule has 2 aromatic rings. The van der Waals surface area contributed by atoms with Crippen molar-refractivity contribution in [3.05, 3.63) is 64.2 Å². The monoisotopic (exact) mass is 405 g/mol. The first-order chi connectivity index (χ1) is 13.4. The fraction of sp³-hybridized carbons (Fsp3) is 0.368. The van der Waals surface area contributed by atoms with Crippen molar-refractivity contribution in [3.63, 3.8) is 0 Å². The summed E-state index contributed by atoms with van der Waals surface area (Å²) in [4.78, 5) is 12.3. The number of nitrogens with one attached hydrogen (secondary N) is 1. The van der Waals surface area contributed by atoms with Gasteiger partial charge in [-0.05, 0) is 30.5 Å². The van der Waals surface area contributed by atoms with Crippen LogP contribution in [0.4, 0.5) is 11.4 Å². The van der Waals surface area contributed by atoms with Crippen LogP contribution in [-0.2, 0) is 15.8 Å². The molecule has 1 aliphatic rings. The molecule has 0 saturated carbocycles. The maximum Gasteiger partial charge on any atom is 0.269 e. The third kappa shape index (κ3) is 4.99. The number of ether oxygens (including phenoxy) is 1. The van der Waals surface area contributed by atoms with E-state index in [1.54, 1.807) is 7.11 Å². The Morgan fingerprint density at radius 1 is 1.21 bits per heavy atom. The maximum atomic E-state index is 12.6. The van der Waals surface area contributed by atoms with Gasteiger partial charge in [0, 0.05) is 31.3 Å². The van der Waals surface area contributed by atoms with Crippen LogP contribution in [0.3, 0.4) is 0 Å². The minimum Gasteiger partial charge on any atom is -0.495 e. The van der Waals surface area contributed by atoms with Crippen molar-refractivity contribution in [2.24, 2.45) is 0 Å². The van der Waals surface area contributed by atoms with Crippen molar-refractivity contribution < 1.29 is 18.1 Å². The summed E-state index contributed by atoms with van der Waals surface area (Å²) in [6.45, 7) is 1.39. The van der Waals surface area contributed by atoms with E-state index < -0.39 is 14.9 Å². The van der Waals surface area contributed by atoms with Crippen LogP contribution in [-0.4, -0.2) is 39.6 Å². The number of nitrogens with zero attached hydrogens (tertiary/aromatic N) is 2. The number of hydrogen-bond donors (Lipinski definition) is 1. The normalized spacial score (nSPS) is 17.3. The second-order valence-electron chi connectivity index (χ2n) is 6.76. The molecule has 8 nitrogen and oxygen atoms in total. The quantitative estimate of drug-likeness (QED) is 0.561. The zero-order chi connectivity index (χ0) is 20.1. The zero-order valence-corrected chi connectivity index (χ0v) is 16.4. The van der Waals surface area contributed by atoms with Crippen LogP contribution in [0.15, 0.2) is 48.5 Å². The van der Waals surface area contributed by atoms with E-state index in [0.29, 0.717) is 12.1 Å². The van der Waals surface area contributed by atoms with Crippen LogP contribution < -0.4 is 14.4 Å². The van der Waals surface area contributed by atoms with E-state index in [-0.39, 0.29) is 17.5 Å². The number of rotatable bonds is 7. The Kier molecular flexibility index (Phi) is 6.15. The number of nitro benzene ring substituents is 1. The van der Waals surface area contributed by atoms with Crippen LogP contribution in [0, 0.1) is 10.1 Å². The van der Waals surface area contributed by atoms with Gasteiger partial charge < -0.3 is 9.64 Å². The molecule has 1 atom stereocenters. The predicted octanol–water partition coefficient (Wildman–Crippen LogP) is 2.69. The van der Waals surface area contributed by atoms with E-state index in [0.717, 1.165) is 30.8 Å². The van der Waals surface area contributed by atoms with E-state index in [1.165, 1.54) is 24.3 Å². The molecular formula is C19H23N3O5S. The Labute approximate surface area is 164 Å². The van der Waals surface area contributed by atoms with Crippen molar-refractivity contribution in [1.29, 1.82) is 0 Å². The van der Waals surface area contributed by atoms with E-state index >= 15 is 0 Å². The van der Waals surface area contributed by atoms with Crippen molar-refractivity contribution >= 4 is 21.4 Å². The molecule has 3 rings (SSSR count). The molecule has 2 aromatic carbocycles. The van der Waals surface area contributed by atoms with E-state index in [1.807, 2.05) is 24.3 Å². The van der Waals surface area contributed by atoms with Crippen molar-refractivity contribution in [2.45, 2.75) is 24.6 Å². The van der Waals surface area contributed by atoms with Crippen LogP contribution in [0.2, 0.25) is 0 Å². The third-order valence-corrected chi connectivity index (χ3v) is 6.10. The lowest BCUT2D eigenvalue weighted by Crippen LogP contribution is -2.48. The second kappa shape index (κ2) is 8.57. The summed E-state index contributed by atoms with van der Waals surface area (Å²) >= 11 is 0. The van der Waals surface area contributed by atoms with Crippen molar-refractivity contribution in [1.82, 2.24) is 4.72 Å². The van der Waals surface area contributed by atoms with Gasteiger partial charge in [-0.25, -0.2) is 13.1 Å². The topological polar surface area (TPSA) is 102 Å². The summed E-state index contributed by atoms with van der Waals surface area (Å²) in [5, 5.41) is 10.7. The van der Waals surface area contributed by atoms with Crippen LogP contribution >= 0.6 is 0 Å². The Bertz CT molecular complexity index is 931. The van der Waals surface area contributed by atoms with Crippen molar-refractivity contribution in [2.75, 3.05) is 25.1 Å². The number of benzene rings is 2. The number of anilines is 1. The second-order valence-corrected chi connectivity index (χ2v) is 8.51. The van der Waals surface area contributed by atoms with Gasteiger partial charge in [0.15, 0.2) is 0 Å². The molecule has 0 bridgehead atoms.